The van der Waals surface area contributed by atoms with Crippen molar-refractivity contribution in [3.8, 4) is 0 Å². The Balaban J connectivity index is 1.33. The molecule has 45 heavy (non-hydrogen) atoms. The van der Waals surface area contributed by atoms with Gasteiger partial charge < -0.3 is 20.1 Å². The SMILES string of the molecule is CCCCCC[C@H](NC(=O)O[C@@H]1C[C@@H]2C[C@@H]2C1)C(=O)C1CC(OS(=O)(=O)c2ccc(Br)cc2)C[C@H]1C(=O)NC1(C(=O)OC)CC1. The number of halogens is 1. The molecule has 1 aromatic carbocycles. The molecule has 1 aromatic rings. The molecule has 248 valence electrons. The van der Waals surface area contributed by atoms with E-state index in [0.717, 1.165) is 32.1 Å². The third-order valence-corrected chi connectivity index (χ3v) is 11.6. The molecule has 11 nitrogen and oxygen atoms in total. The molecule has 0 aliphatic heterocycles. The molecule has 5 rings (SSSR count). The van der Waals surface area contributed by atoms with Crippen molar-refractivity contribution in [2.24, 2.45) is 23.7 Å². The number of alkyl carbamates (subject to hydrolysis) is 1. The van der Waals surface area contributed by atoms with E-state index in [9.17, 15) is 27.6 Å². The van der Waals surface area contributed by atoms with Gasteiger partial charge in [-0.05, 0) is 87.5 Å². The van der Waals surface area contributed by atoms with Crippen LogP contribution < -0.4 is 10.6 Å². The van der Waals surface area contributed by atoms with Crippen LogP contribution in [0.5, 0.6) is 0 Å². The van der Waals surface area contributed by atoms with Gasteiger partial charge in [0.15, 0.2) is 5.78 Å². The second-order valence-corrected chi connectivity index (χ2v) is 15.6. The first kappa shape index (κ1) is 33.8. The molecule has 4 aliphatic rings. The predicted octanol–water partition coefficient (Wildman–Crippen LogP) is 4.80. The summed E-state index contributed by atoms with van der Waals surface area (Å²) < 4.78 is 43.1. The minimum absolute atomic E-state index is 0.0356. The first-order valence-electron chi connectivity index (χ1n) is 16.0. The highest BCUT2D eigenvalue weighted by atomic mass is 79.9. The molecule has 2 N–H and O–H groups in total. The van der Waals surface area contributed by atoms with Crippen molar-refractivity contribution in [1.29, 1.82) is 0 Å². The van der Waals surface area contributed by atoms with Crippen molar-refractivity contribution in [3.05, 3.63) is 28.7 Å². The second kappa shape index (κ2) is 14.1. The van der Waals surface area contributed by atoms with Crippen LogP contribution in [-0.4, -0.2) is 63.1 Å². The lowest BCUT2D eigenvalue weighted by atomic mass is 9.86. The molecule has 0 saturated heterocycles. The molecule has 2 amide bonds. The fraction of sp³-hybridized carbons (Fsp3) is 0.688. The quantitative estimate of drug-likeness (QED) is 0.148. The van der Waals surface area contributed by atoms with E-state index in [1.807, 2.05) is 0 Å². The highest BCUT2D eigenvalue weighted by Gasteiger charge is 2.55. The molecule has 7 atom stereocenters. The molecule has 0 aromatic heterocycles. The first-order chi connectivity index (χ1) is 21.4. The summed E-state index contributed by atoms with van der Waals surface area (Å²) in [6.07, 6.45) is 5.71. The molecule has 0 spiro atoms. The molecule has 0 bridgehead atoms. The number of esters is 1. The zero-order valence-corrected chi connectivity index (χ0v) is 28.2. The molecule has 2 unspecified atom stereocenters. The summed E-state index contributed by atoms with van der Waals surface area (Å²) >= 11 is 3.29. The molecule has 4 fully saturated rings. The van der Waals surface area contributed by atoms with Gasteiger partial charge in [0.1, 0.15) is 11.6 Å². The number of carbonyl (C=O) groups excluding carboxylic acids is 4. The number of fused-ring (bicyclic) bond motifs is 1. The van der Waals surface area contributed by atoms with E-state index in [1.54, 1.807) is 12.1 Å². The number of carbonyl (C=O) groups is 4. The molecule has 4 aliphatic carbocycles. The van der Waals surface area contributed by atoms with E-state index in [0.29, 0.717) is 42.0 Å². The van der Waals surface area contributed by atoms with Crippen LogP contribution in [0.2, 0.25) is 0 Å². The van der Waals surface area contributed by atoms with Gasteiger partial charge in [-0.1, -0.05) is 48.5 Å². The normalized spacial score (nSPS) is 28.4. The Labute approximate surface area is 273 Å². The van der Waals surface area contributed by atoms with E-state index >= 15 is 0 Å². The summed E-state index contributed by atoms with van der Waals surface area (Å²) in [5.74, 6) is -2.14. The molecule has 13 heteroatoms. The van der Waals surface area contributed by atoms with Crippen LogP contribution in [0.25, 0.3) is 0 Å². The number of unbranched alkanes of at least 4 members (excludes halogenated alkanes) is 3. The summed E-state index contributed by atoms with van der Waals surface area (Å²) in [4.78, 5) is 53.2. The topological polar surface area (TPSA) is 154 Å². The number of ketones is 1. The Bertz CT molecular complexity index is 1370. The fourth-order valence-electron chi connectivity index (χ4n) is 6.94. The van der Waals surface area contributed by atoms with E-state index < -0.39 is 57.6 Å². The third kappa shape index (κ3) is 8.26. The van der Waals surface area contributed by atoms with Crippen LogP contribution in [0, 0.1) is 23.7 Å². The Hall–Kier alpha value is -2.51. The highest BCUT2D eigenvalue weighted by molar-refractivity contribution is 9.10. The van der Waals surface area contributed by atoms with Crippen LogP contribution in [0.1, 0.15) is 84.0 Å². The Morgan fingerprint density at radius 2 is 1.60 bits per heavy atom. The Morgan fingerprint density at radius 1 is 0.933 bits per heavy atom. The predicted molar refractivity (Wildman–Crippen MR) is 166 cm³/mol. The molecule has 4 saturated carbocycles. The number of amides is 2. The smallest absolute Gasteiger partial charge is 0.407 e. The Kier molecular flexibility index (Phi) is 10.6. The molecular formula is C32H43BrN2O9S. The van der Waals surface area contributed by atoms with Crippen LogP contribution in [0.4, 0.5) is 4.79 Å². The summed E-state index contributed by atoms with van der Waals surface area (Å²) in [5.41, 5.74) is -1.15. The van der Waals surface area contributed by atoms with Crippen LogP contribution in [-0.2, 0) is 38.2 Å². The van der Waals surface area contributed by atoms with Gasteiger partial charge in [-0.3, -0.25) is 13.8 Å². The van der Waals surface area contributed by atoms with Gasteiger partial charge in [-0.15, -0.1) is 0 Å². The van der Waals surface area contributed by atoms with Crippen LogP contribution >= 0.6 is 15.9 Å². The average molecular weight is 712 g/mol. The van der Waals surface area contributed by atoms with Crippen molar-refractivity contribution < 1.29 is 41.3 Å². The number of ether oxygens (including phenoxy) is 2. The zero-order chi connectivity index (χ0) is 32.4. The number of rotatable bonds is 15. The van der Waals surface area contributed by atoms with Crippen molar-refractivity contribution in [1.82, 2.24) is 10.6 Å². The molecule has 0 heterocycles. The van der Waals surface area contributed by atoms with Gasteiger partial charge in [0.2, 0.25) is 5.91 Å². The van der Waals surface area contributed by atoms with Gasteiger partial charge in [0.25, 0.3) is 10.1 Å². The number of Topliss-reactive ketones (excluding diaryl/α,β-unsaturated/α-hetero) is 1. The number of nitrogens with one attached hydrogen (secondary N) is 2. The fourth-order valence-corrected chi connectivity index (χ4v) is 8.30. The van der Waals surface area contributed by atoms with Crippen LogP contribution in [0.15, 0.2) is 33.6 Å². The standard InChI is InChI=1S/C32H43BrN2O9S/c1-3-4-5-6-7-27(34-31(39)43-22-15-19-14-20(19)16-22)28(36)25-17-23(44-45(40,41)24-10-8-21(33)9-11-24)18-26(25)29(37)35-32(12-13-32)30(38)42-2/h8-11,19-20,22-23,25-27H,3-7,12-18H2,1-2H3,(H,34,39)(H,35,37)/t19-,20+,22+,23?,25?,26-,27+/m1/s1. The monoisotopic (exact) mass is 710 g/mol. The molecular weight excluding hydrogens is 668 g/mol. The van der Waals surface area contributed by atoms with E-state index in [-0.39, 0.29) is 29.6 Å². The third-order valence-electron chi connectivity index (χ3n) is 9.73. The van der Waals surface area contributed by atoms with Crippen molar-refractivity contribution >= 4 is 49.8 Å². The van der Waals surface area contributed by atoms with Crippen molar-refractivity contribution in [3.63, 3.8) is 0 Å². The van der Waals surface area contributed by atoms with Crippen molar-refractivity contribution in [2.45, 2.75) is 113 Å². The van der Waals surface area contributed by atoms with E-state index in [4.69, 9.17) is 13.7 Å². The minimum atomic E-state index is -4.20. The lowest BCUT2D eigenvalue weighted by molar-refractivity contribution is -0.147. The number of methoxy groups -OCH3 is 1. The second-order valence-electron chi connectivity index (χ2n) is 13.1. The van der Waals surface area contributed by atoms with Crippen molar-refractivity contribution in [2.75, 3.05) is 7.11 Å². The minimum Gasteiger partial charge on any atom is -0.467 e. The zero-order valence-electron chi connectivity index (χ0n) is 25.8. The van der Waals surface area contributed by atoms with Gasteiger partial charge >= 0.3 is 12.1 Å². The lowest BCUT2D eigenvalue weighted by Crippen LogP contribution is -2.50. The number of hydrogen-bond donors (Lipinski definition) is 2. The summed E-state index contributed by atoms with van der Waals surface area (Å²) in [6.45, 7) is 2.08. The van der Waals surface area contributed by atoms with E-state index in [2.05, 4.69) is 33.5 Å². The summed E-state index contributed by atoms with van der Waals surface area (Å²) in [5, 5.41) is 5.56. The van der Waals surface area contributed by atoms with Gasteiger partial charge in [-0.25, -0.2) is 9.59 Å². The Morgan fingerprint density at radius 3 is 2.22 bits per heavy atom. The average Bonchev–Trinajstić information content (AvgIpc) is 3.86. The van der Waals surface area contributed by atoms with Crippen LogP contribution in [0.3, 0.4) is 0 Å². The molecule has 0 radical (unpaired) electrons. The van der Waals surface area contributed by atoms with Gasteiger partial charge in [0.05, 0.1) is 30.1 Å². The first-order valence-corrected chi connectivity index (χ1v) is 18.2. The lowest BCUT2D eigenvalue weighted by Gasteiger charge is -2.26. The number of benzene rings is 1. The largest absolute Gasteiger partial charge is 0.467 e. The van der Waals surface area contributed by atoms with Gasteiger partial charge in [0, 0.05) is 10.4 Å². The number of hydrogen-bond acceptors (Lipinski definition) is 9. The summed E-state index contributed by atoms with van der Waals surface area (Å²) in [7, 11) is -2.95. The summed E-state index contributed by atoms with van der Waals surface area (Å²) in [6, 6.07) is 5.06. The highest BCUT2D eigenvalue weighted by Crippen LogP contribution is 2.52. The maximum atomic E-state index is 14.2. The van der Waals surface area contributed by atoms with Gasteiger partial charge in [-0.2, -0.15) is 8.42 Å². The maximum Gasteiger partial charge on any atom is 0.407 e. The maximum absolute atomic E-state index is 14.2. The van der Waals surface area contributed by atoms with E-state index in [1.165, 1.54) is 25.7 Å².